The minimum atomic E-state index is -3.44. The third-order valence-electron chi connectivity index (χ3n) is 4.24. The molecule has 9 heteroatoms. The van der Waals surface area contributed by atoms with Crippen LogP contribution >= 0.6 is 15.9 Å². The lowest BCUT2D eigenvalue weighted by Gasteiger charge is -2.19. The number of nitrogens with zero attached hydrogens (tertiary/aromatic N) is 1. The molecule has 0 aromatic heterocycles. The zero-order valence-electron chi connectivity index (χ0n) is 14.8. The molecule has 1 aromatic rings. The lowest BCUT2D eigenvalue weighted by molar-refractivity contribution is -0.122. The van der Waals surface area contributed by atoms with E-state index in [4.69, 9.17) is 0 Å². The van der Waals surface area contributed by atoms with Crippen molar-refractivity contribution in [2.75, 3.05) is 14.1 Å². The van der Waals surface area contributed by atoms with Crippen LogP contribution in [0.5, 0.6) is 0 Å². The van der Waals surface area contributed by atoms with Gasteiger partial charge in [0.1, 0.15) is 6.04 Å². The van der Waals surface area contributed by atoms with Crippen LogP contribution in [-0.2, 0) is 21.4 Å². The maximum Gasteiger partial charge on any atom is 0.242 e. The summed E-state index contributed by atoms with van der Waals surface area (Å²) < 4.78 is 25.3. The van der Waals surface area contributed by atoms with Gasteiger partial charge in [0.25, 0.3) is 0 Å². The Morgan fingerprint density at radius 3 is 2.32 bits per heavy atom. The normalized spacial score (nSPS) is 24.0. The average Bonchev–Trinajstić information content (AvgIpc) is 2.94. The van der Waals surface area contributed by atoms with Gasteiger partial charge >= 0.3 is 0 Å². The minimum absolute atomic E-state index is 0.000102. The molecule has 0 bridgehead atoms. The molecule has 1 fully saturated rings. The van der Waals surface area contributed by atoms with E-state index in [9.17, 15) is 13.2 Å². The van der Waals surface area contributed by atoms with Crippen molar-refractivity contribution in [2.24, 2.45) is 5.92 Å². The zero-order chi connectivity index (χ0) is 18.8. The molecule has 25 heavy (non-hydrogen) atoms. The summed E-state index contributed by atoms with van der Waals surface area (Å²) in [6.07, 6.45) is 0. The Morgan fingerprint density at radius 2 is 1.84 bits per heavy atom. The molecule has 1 aromatic carbocycles. The topological polar surface area (TPSA) is 90.5 Å². The van der Waals surface area contributed by atoms with Crippen molar-refractivity contribution >= 4 is 31.9 Å². The van der Waals surface area contributed by atoms with E-state index in [1.54, 1.807) is 24.3 Å². The van der Waals surface area contributed by atoms with Crippen LogP contribution < -0.4 is 16.2 Å². The summed E-state index contributed by atoms with van der Waals surface area (Å²) >= 11 is 3.59. The molecule has 140 valence electrons. The van der Waals surface area contributed by atoms with E-state index in [2.05, 4.69) is 45.9 Å². The van der Waals surface area contributed by atoms with Gasteiger partial charge < -0.3 is 5.32 Å². The van der Waals surface area contributed by atoms with Crippen molar-refractivity contribution in [2.45, 2.75) is 42.2 Å². The fraction of sp³-hybridized carbons (Fsp3) is 0.562. The Kier molecular flexibility index (Phi) is 6.61. The fourth-order valence-corrected chi connectivity index (χ4v) is 4.60. The van der Waals surface area contributed by atoms with Gasteiger partial charge in [-0.25, -0.2) is 18.1 Å². The van der Waals surface area contributed by atoms with Gasteiger partial charge in [0, 0.05) is 26.7 Å². The summed E-state index contributed by atoms with van der Waals surface area (Å²) in [6.45, 7) is 4.53. The van der Waals surface area contributed by atoms with Gasteiger partial charge in [-0.05, 0) is 23.6 Å². The fourth-order valence-electron chi connectivity index (χ4n) is 2.59. The van der Waals surface area contributed by atoms with Crippen LogP contribution in [0.4, 0.5) is 0 Å². The number of rotatable bonds is 6. The number of alkyl halides is 1. The van der Waals surface area contributed by atoms with Crippen LogP contribution in [0.3, 0.4) is 0 Å². The average molecular weight is 433 g/mol. The van der Waals surface area contributed by atoms with E-state index >= 15 is 0 Å². The van der Waals surface area contributed by atoms with Crippen LogP contribution in [0, 0.1) is 5.92 Å². The van der Waals surface area contributed by atoms with Crippen LogP contribution in [0.15, 0.2) is 29.2 Å². The number of hydrazine groups is 1. The first-order chi connectivity index (χ1) is 11.6. The summed E-state index contributed by atoms with van der Waals surface area (Å²) in [7, 11) is -0.452. The molecule has 1 heterocycles. The predicted molar refractivity (Wildman–Crippen MR) is 101 cm³/mol. The van der Waals surface area contributed by atoms with Crippen LogP contribution in [0.25, 0.3) is 0 Å². The van der Waals surface area contributed by atoms with Crippen molar-refractivity contribution in [3.05, 3.63) is 29.8 Å². The molecular weight excluding hydrogens is 408 g/mol. The standard InChI is InChI=1S/C16H25BrN4O3S/c1-10(2)14-13(17)15(20-19-14)16(22)18-9-11-5-7-12(8-6-11)25(23,24)21(3)4/h5-8,10,13-15,19-20H,9H2,1-4H3,(H,18,22). The van der Waals surface area contributed by atoms with Gasteiger partial charge in [0.05, 0.1) is 9.72 Å². The molecule has 1 saturated heterocycles. The van der Waals surface area contributed by atoms with Gasteiger partial charge in [0.2, 0.25) is 15.9 Å². The van der Waals surface area contributed by atoms with Crippen molar-refractivity contribution in [1.29, 1.82) is 0 Å². The van der Waals surface area contributed by atoms with Gasteiger partial charge in [0.15, 0.2) is 0 Å². The highest BCUT2D eigenvalue weighted by molar-refractivity contribution is 9.09. The quantitative estimate of drug-likeness (QED) is 0.578. The maximum absolute atomic E-state index is 12.4. The Balaban J connectivity index is 1.95. The smallest absolute Gasteiger partial charge is 0.242 e. The van der Waals surface area contributed by atoms with Crippen molar-refractivity contribution in [3.8, 4) is 0 Å². The molecule has 3 N–H and O–H groups in total. The molecule has 2 rings (SSSR count). The Bertz CT molecular complexity index is 707. The summed E-state index contributed by atoms with van der Waals surface area (Å²) in [5.41, 5.74) is 7.00. The molecular formula is C16H25BrN4O3S. The van der Waals surface area contributed by atoms with E-state index < -0.39 is 10.0 Å². The number of nitrogens with one attached hydrogen (secondary N) is 3. The van der Waals surface area contributed by atoms with E-state index in [0.717, 1.165) is 5.56 Å². The lowest BCUT2D eigenvalue weighted by atomic mass is 9.99. The Morgan fingerprint density at radius 1 is 1.24 bits per heavy atom. The molecule has 1 aliphatic heterocycles. The van der Waals surface area contributed by atoms with E-state index in [1.807, 2.05) is 0 Å². The minimum Gasteiger partial charge on any atom is -0.351 e. The molecule has 0 radical (unpaired) electrons. The van der Waals surface area contributed by atoms with Gasteiger partial charge in [-0.1, -0.05) is 41.9 Å². The van der Waals surface area contributed by atoms with E-state index in [-0.39, 0.29) is 27.7 Å². The van der Waals surface area contributed by atoms with Crippen LogP contribution in [-0.4, -0.2) is 49.6 Å². The summed E-state index contributed by atoms with van der Waals surface area (Å²) in [6, 6.07) is 6.33. The maximum atomic E-state index is 12.4. The first-order valence-electron chi connectivity index (χ1n) is 8.09. The first kappa shape index (κ1) is 20.3. The number of benzene rings is 1. The largest absolute Gasteiger partial charge is 0.351 e. The number of carbonyl (C=O) groups excluding carboxylic acids is 1. The SMILES string of the molecule is CC(C)C1NNC(C(=O)NCc2ccc(S(=O)(=O)N(C)C)cc2)C1Br. The third kappa shape index (κ3) is 4.59. The molecule has 0 spiro atoms. The van der Waals surface area contributed by atoms with Gasteiger partial charge in [-0.15, -0.1) is 0 Å². The monoisotopic (exact) mass is 432 g/mol. The third-order valence-corrected chi connectivity index (χ3v) is 7.16. The predicted octanol–water partition coefficient (Wildman–Crippen LogP) is 0.818. The molecule has 3 atom stereocenters. The summed E-state index contributed by atoms with van der Waals surface area (Å²) in [5, 5.41) is 2.88. The molecule has 1 amide bonds. The number of hydrogen-bond acceptors (Lipinski definition) is 5. The van der Waals surface area contributed by atoms with Crippen molar-refractivity contribution < 1.29 is 13.2 Å². The zero-order valence-corrected chi connectivity index (χ0v) is 17.2. The molecule has 0 saturated carbocycles. The highest BCUT2D eigenvalue weighted by Crippen LogP contribution is 2.22. The number of hydrogen-bond donors (Lipinski definition) is 3. The van der Waals surface area contributed by atoms with Gasteiger partial charge in [-0.3, -0.25) is 10.2 Å². The number of sulfonamides is 1. The van der Waals surface area contributed by atoms with E-state index in [0.29, 0.717) is 12.5 Å². The number of amides is 1. The highest BCUT2D eigenvalue weighted by atomic mass is 79.9. The van der Waals surface area contributed by atoms with Crippen molar-refractivity contribution in [1.82, 2.24) is 20.5 Å². The second-order valence-electron chi connectivity index (χ2n) is 6.63. The summed E-state index contributed by atoms with van der Waals surface area (Å²) in [4.78, 5) is 12.6. The number of halogens is 1. The lowest BCUT2D eigenvalue weighted by Crippen LogP contribution is -2.45. The molecule has 3 unspecified atom stereocenters. The number of carbonyl (C=O) groups is 1. The Hall–Kier alpha value is -1.00. The molecule has 1 aliphatic rings. The second kappa shape index (κ2) is 8.13. The second-order valence-corrected chi connectivity index (χ2v) is 9.84. The van der Waals surface area contributed by atoms with E-state index in [1.165, 1.54) is 18.4 Å². The van der Waals surface area contributed by atoms with Crippen LogP contribution in [0.1, 0.15) is 19.4 Å². The van der Waals surface area contributed by atoms with Gasteiger partial charge in [-0.2, -0.15) is 0 Å². The molecule has 0 aliphatic carbocycles. The summed E-state index contributed by atoms with van der Waals surface area (Å²) in [5.74, 6) is 0.281. The first-order valence-corrected chi connectivity index (χ1v) is 10.4. The van der Waals surface area contributed by atoms with Crippen molar-refractivity contribution in [3.63, 3.8) is 0 Å². The van der Waals surface area contributed by atoms with Crippen LogP contribution in [0.2, 0.25) is 0 Å². The highest BCUT2D eigenvalue weighted by Gasteiger charge is 2.39. The molecule has 7 nitrogen and oxygen atoms in total. The Labute approximate surface area is 157 Å².